The van der Waals surface area contributed by atoms with E-state index in [0.29, 0.717) is 19.3 Å². The predicted molar refractivity (Wildman–Crippen MR) is 168 cm³/mol. The molecule has 3 unspecified atom stereocenters. The molecule has 11 heteroatoms. The van der Waals surface area contributed by atoms with Gasteiger partial charge in [0.2, 0.25) is 0 Å². The summed E-state index contributed by atoms with van der Waals surface area (Å²) in [5, 5.41) is 18.1. The Hall–Kier alpha value is -2.33. The first-order valence-corrected chi connectivity index (χ1v) is 16.7. The summed E-state index contributed by atoms with van der Waals surface area (Å²) < 4.78 is 32.0. The number of unbranched alkanes of at least 4 members (excludes halogenated alkanes) is 3. The van der Waals surface area contributed by atoms with E-state index in [0.717, 1.165) is 44.9 Å². The normalized spacial score (nSPS) is 15.2. The fraction of sp³-hybridized carbons (Fsp3) is 0.625. The van der Waals surface area contributed by atoms with Crippen LogP contribution in [0.1, 0.15) is 90.9 Å². The van der Waals surface area contributed by atoms with E-state index in [4.69, 9.17) is 19.1 Å². The van der Waals surface area contributed by atoms with Crippen molar-refractivity contribution in [1.29, 1.82) is 0 Å². The molecule has 3 atom stereocenters. The number of rotatable bonds is 27. The van der Waals surface area contributed by atoms with Crippen LogP contribution in [-0.4, -0.2) is 65.7 Å². The Bertz CT molecular complexity index is 910. The maximum absolute atomic E-state index is 12.4. The molecule has 0 saturated carbocycles. The first kappa shape index (κ1) is 40.7. The SMILES string of the molecule is CC/C=C\C/C=C\C/C=C\C/C=C\C/C=C\CCCC(=O)OC(COC(=O)CCCCC)COP(=O)(O)OCC(O)CO. The quantitative estimate of drug-likeness (QED) is 0.0402. The van der Waals surface area contributed by atoms with Gasteiger partial charge in [-0.25, -0.2) is 4.57 Å². The summed E-state index contributed by atoms with van der Waals surface area (Å²) in [5.74, 6) is -1.03. The average Bonchev–Trinajstić information content (AvgIpc) is 2.99. The molecule has 0 aliphatic carbocycles. The number of allylic oxidation sites excluding steroid dienone is 10. The predicted octanol–water partition coefficient (Wildman–Crippen LogP) is 6.43. The Morgan fingerprint density at radius 1 is 0.721 bits per heavy atom. The van der Waals surface area contributed by atoms with E-state index in [9.17, 15) is 24.2 Å². The fourth-order valence-corrected chi connectivity index (χ4v) is 4.11. The number of carbonyl (C=O) groups is 2. The van der Waals surface area contributed by atoms with Gasteiger partial charge in [-0.2, -0.15) is 0 Å². The lowest BCUT2D eigenvalue weighted by molar-refractivity contribution is -0.161. The summed E-state index contributed by atoms with van der Waals surface area (Å²) in [4.78, 5) is 34.1. The van der Waals surface area contributed by atoms with Crippen LogP contribution in [0, 0.1) is 0 Å². The maximum Gasteiger partial charge on any atom is 0.472 e. The van der Waals surface area contributed by atoms with Gasteiger partial charge in [0.1, 0.15) is 12.7 Å². The number of carbonyl (C=O) groups excluding carboxylic acids is 2. The number of hydrogen-bond acceptors (Lipinski definition) is 9. The van der Waals surface area contributed by atoms with E-state index in [1.807, 2.05) is 19.1 Å². The number of aliphatic hydroxyl groups excluding tert-OH is 2. The van der Waals surface area contributed by atoms with Gasteiger partial charge in [0.15, 0.2) is 6.10 Å². The minimum atomic E-state index is -4.61. The van der Waals surface area contributed by atoms with E-state index in [-0.39, 0.29) is 19.4 Å². The molecule has 3 N–H and O–H groups in total. The second-order valence-corrected chi connectivity index (χ2v) is 11.2. The van der Waals surface area contributed by atoms with E-state index >= 15 is 0 Å². The third-order valence-corrected chi connectivity index (χ3v) is 6.64. The van der Waals surface area contributed by atoms with Crippen LogP contribution in [0.5, 0.6) is 0 Å². The molecule has 0 spiro atoms. The summed E-state index contributed by atoms with van der Waals surface area (Å²) in [6.07, 6.45) is 27.3. The number of phosphoric ester groups is 1. The smallest absolute Gasteiger partial charge is 0.462 e. The van der Waals surface area contributed by atoms with Crippen LogP contribution in [-0.2, 0) is 32.7 Å². The molecule has 0 bridgehead atoms. The molecule has 0 amide bonds. The molecule has 0 saturated heterocycles. The minimum absolute atomic E-state index is 0.102. The third-order valence-electron chi connectivity index (χ3n) is 5.69. The molecule has 0 aliphatic heterocycles. The number of aliphatic hydroxyl groups is 2. The van der Waals surface area contributed by atoms with Gasteiger partial charge in [-0.05, 0) is 51.4 Å². The van der Waals surface area contributed by atoms with Crippen LogP contribution in [0.15, 0.2) is 60.8 Å². The Morgan fingerprint density at radius 3 is 1.81 bits per heavy atom. The zero-order chi connectivity index (χ0) is 32.0. The van der Waals surface area contributed by atoms with Gasteiger partial charge in [-0.15, -0.1) is 0 Å². The topological polar surface area (TPSA) is 149 Å². The van der Waals surface area contributed by atoms with Crippen molar-refractivity contribution < 1.29 is 47.8 Å². The van der Waals surface area contributed by atoms with E-state index in [2.05, 4.69) is 60.1 Å². The van der Waals surface area contributed by atoms with Crippen molar-refractivity contribution >= 4 is 19.8 Å². The fourth-order valence-electron chi connectivity index (χ4n) is 3.32. The Balaban J connectivity index is 4.44. The Kier molecular flexibility index (Phi) is 26.9. The van der Waals surface area contributed by atoms with Crippen molar-refractivity contribution in [2.45, 2.75) is 103 Å². The monoisotopic (exact) mass is 628 g/mol. The van der Waals surface area contributed by atoms with Crippen molar-refractivity contribution in [3.05, 3.63) is 60.8 Å². The number of hydrogen-bond donors (Lipinski definition) is 3. The first-order valence-electron chi connectivity index (χ1n) is 15.2. The van der Waals surface area contributed by atoms with Gasteiger partial charge in [0.25, 0.3) is 0 Å². The molecule has 0 fully saturated rings. The van der Waals surface area contributed by atoms with Crippen LogP contribution in [0.2, 0.25) is 0 Å². The number of esters is 2. The standard InChI is InChI=1S/C32H53O10P/c1-3-5-7-8-9-10-11-12-13-14-15-16-17-18-19-20-22-24-32(36)42-30(27-39-31(35)23-21-6-4-2)28-41-43(37,38)40-26-29(34)25-33/h5,7,9-10,12-13,15-16,18-19,29-30,33-34H,3-4,6,8,11,14,17,20-28H2,1-2H3,(H,37,38)/b7-5-,10-9-,13-12-,16-15-,19-18-. The highest BCUT2D eigenvalue weighted by Gasteiger charge is 2.27. The Labute approximate surface area is 257 Å². The van der Waals surface area contributed by atoms with Crippen LogP contribution < -0.4 is 0 Å². The molecule has 246 valence electrons. The number of ether oxygens (including phenoxy) is 2. The van der Waals surface area contributed by atoms with Crippen molar-refractivity contribution in [3.8, 4) is 0 Å². The molecule has 10 nitrogen and oxygen atoms in total. The lowest BCUT2D eigenvalue weighted by Crippen LogP contribution is -2.29. The van der Waals surface area contributed by atoms with Crippen LogP contribution >= 0.6 is 7.82 Å². The average molecular weight is 629 g/mol. The lowest BCUT2D eigenvalue weighted by Gasteiger charge is -2.20. The highest BCUT2D eigenvalue weighted by molar-refractivity contribution is 7.47. The summed E-state index contributed by atoms with van der Waals surface area (Å²) in [7, 11) is -4.61. The zero-order valence-electron chi connectivity index (χ0n) is 25.9. The zero-order valence-corrected chi connectivity index (χ0v) is 26.8. The first-order chi connectivity index (χ1) is 20.7. The van der Waals surface area contributed by atoms with Gasteiger partial charge >= 0.3 is 19.8 Å². The maximum atomic E-state index is 12.4. The van der Waals surface area contributed by atoms with Gasteiger partial charge in [0.05, 0.1) is 19.8 Å². The van der Waals surface area contributed by atoms with Gasteiger partial charge in [0, 0.05) is 12.8 Å². The van der Waals surface area contributed by atoms with Crippen molar-refractivity contribution in [1.82, 2.24) is 0 Å². The summed E-state index contributed by atoms with van der Waals surface area (Å²) >= 11 is 0. The second-order valence-electron chi connectivity index (χ2n) is 9.75. The molecule has 0 aromatic heterocycles. The van der Waals surface area contributed by atoms with E-state index in [1.165, 1.54) is 0 Å². The summed E-state index contributed by atoms with van der Waals surface area (Å²) in [6, 6.07) is 0. The van der Waals surface area contributed by atoms with Crippen LogP contribution in [0.4, 0.5) is 0 Å². The lowest BCUT2D eigenvalue weighted by atomic mass is 10.2. The van der Waals surface area contributed by atoms with E-state index < -0.39 is 51.8 Å². The van der Waals surface area contributed by atoms with Gasteiger partial charge < -0.3 is 24.6 Å². The van der Waals surface area contributed by atoms with Crippen molar-refractivity contribution in [2.24, 2.45) is 0 Å². The summed E-state index contributed by atoms with van der Waals surface area (Å²) in [5.41, 5.74) is 0. The minimum Gasteiger partial charge on any atom is -0.462 e. The van der Waals surface area contributed by atoms with E-state index in [1.54, 1.807) is 0 Å². The molecule has 0 rings (SSSR count). The highest BCUT2D eigenvalue weighted by atomic mass is 31.2. The molecule has 0 radical (unpaired) electrons. The summed E-state index contributed by atoms with van der Waals surface area (Å²) in [6.45, 7) is 1.94. The second kappa shape index (κ2) is 28.4. The molecule has 0 aliphatic rings. The van der Waals surface area contributed by atoms with Gasteiger partial charge in [-0.3, -0.25) is 18.6 Å². The molecular formula is C32H53O10P. The molecule has 0 aromatic carbocycles. The number of phosphoric acid groups is 1. The van der Waals surface area contributed by atoms with Crippen LogP contribution in [0.3, 0.4) is 0 Å². The van der Waals surface area contributed by atoms with Crippen molar-refractivity contribution in [2.75, 3.05) is 26.4 Å². The largest absolute Gasteiger partial charge is 0.472 e. The highest BCUT2D eigenvalue weighted by Crippen LogP contribution is 2.43. The molecule has 0 heterocycles. The molecule has 0 aromatic rings. The molecule has 43 heavy (non-hydrogen) atoms. The van der Waals surface area contributed by atoms with Crippen molar-refractivity contribution in [3.63, 3.8) is 0 Å². The third kappa shape index (κ3) is 28.2. The van der Waals surface area contributed by atoms with Crippen LogP contribution in [0.25, 0.3) is 0 Å². The van der Waals surface area contributed by atoms with Gasteiger partial charge in [-0.1, -0.05) is 87.4 Å². The Morgan fingerprint density at radius 2 is 1.26 bits per heavy atom. The molecular weight excluding hydrogens is 575 g/mol.